The zero-order chi connectivity index (χ0) is 18.1. The van der Waals surface area contributed by atoms with Crippen LogP contribution in [0.2, 0.25) is 5.02 Å². The summed E-state index contributed by atoms with van der Waals surface area (Å²) in [4.78, 5) is 33.3. The van der Waals surface area contributed by atoms with Gasteiger partial charge in [-0.1, -0.05) is 24.6 Å². The van der Waals surface area contributed by atoms with Crippen molar-refractivity contribution in [3.63, 3.8) is 0 Å². The molecule has 3 N–H and O–H groups in total. The summed E-state index contributed by atoms with van der Waals surface area (Å²) >= 11 is 6.05. The fraction of sp³-hybridized carbons (Fsp3) is 0.250. The number of benzene rings is 1. The van der Waals surface area contributed by atoms with Crippen molar-refractivity contribution in [2.75, 3.05) is 10.6 Å². The lowest BCUT2D eigenvalue weighted by atomic mass is 10.2. The van der Waals surface area contributed by atoms with Gasteiger partial charge in [-0.05, 0) is 38.0 Å². The Morgan fingerprint density at radius 2 is 2.04 bits per heavy atom. The smallest absolute Gasteiger partial charge is 0.308 e. The van der Waals surface area contributed by atoms with Gasteiger partial charge in [-0.2, -0.15) is 9.50 Å². The molecule has 0 bridgehead atoms. The number of hydrogen-bond donors (Lipinski definition) is 3. The first-order valence-corrected chi connectivity index (χ1v) is 8.09. The molecule has 9 heteroatoms. The minimum atomic E-state index is -0.551. The lowest BCUT2D eigenvalue weighted by Gasteiger charge is -2.10. The average Bonchev–Trinajstić information content (AvgIpc) is 2.94. The lowest BCUT2D eigenvalue weighted by Crippen LogP contribution is -2.28. The van der Waals surface area contributed by atoms with Crippen molar-refractivity contribution in [3.8, 4) is 0 Å². The predicted molar refractivity (Wildman–Crippen MR) is 96.6 cm³/mol. The van der Waals surface area contributed by atoms with Crippen molar-refractivity contribution < 1.29 is 4.79 Å². The first-order valence-electron chi connectivity index (χ1n) is 7.71. The maximum absolute atomic E-state index is 12.6. The maximum Gasteiger partial charge on any atom is 0.323 e. The quantitative estimate of drug-likeness (QED) is 0.668. The molecule has 0 saturated heterocycles. The molecule has 2 aromatic heterocycles. The van der Waals surface area contributed by atoms with Crippen LogP contribution in [-0.2, 0) is 6.42 Å². The van der Waals surface area contributed by atoms with Crippen LogP contribution in [0.3, 0.4) is 0 Å². The number of halogens is 1. The summed E-state index contributed by atoms with van der Waals surface area (Å²) in [6.45, 7) is 5.44. The fourth-order valence-electron chi connectivity index (χ4n) is 2.39. The number of aromatic nitrogens is 4. The summed E-state index contributed by atoms with van der Waals surface area (Å²) in [7, 11) is 0. The minimum absolute atomic E-state index is 0.111. The Balaban J connectivity index is 1.91. The van der Waals surface area contributed by atoms with Gasteiger partial charge in [0.25, 0.3) is 11.3 Å². The van der Waals surface area contributed by atoms with Gasteiger partial charge in [0.2, 0.25) is 0 Å². The third-order valence-electron chi connectivity index (χ3n) is 3.68. The molecule has 2 heterocycles. The zero-order valence-corrected chi connectivity index (χ0v) is 14.7. The molecular weight excluding hydrogens is 344 g/mol. The van der Waals surface area contributed by atoms with Crippen molar-refractivity contribution in [2.45, 2.75) is 27.2 Å². The van der Waals surface area contributed by atoms with Gasteiger partial charge in [-0.15, -0.1) is 0 Å². The van der Waals surface area contributed by atoms with Crippen molar-refractivity contribution in [3.05, 3.63) is 50.7 Å². The van der Waals surface area contributed by atoms with E-state index in [2.05, 4.69) is 25.7 Å². The average molecular weight is 361 g/mol. The predicted octanol–water partition coefficient (Wildman–Crippen LogP) is 2.89. The maximum atomic E-state index is 12.6. The van der Waals surface area contributed by atoms with Gasteiger partial charge in [0.15, 0.2) is 0 Å². The van der Waals surface area contributed by atoms with Crippen molar-refractivity contribution in [1.29, 1.82) is 0 Å². The lowest BCUT2D eigenvalue weighted by molar-refractivity contribution is 0.262. The molecular formula is C16H17ClN6O2. The Kier molecular flexibility index (Phi) is 4.45. The number of carbonyl (C=O) groups excluding carboxylic acids is 1. The first-order chi connectivity index (χ1) is 11.9. The topological polar surface area (TPSA) is 104 Å². The van der Waals surface area contributed by atoms with E-state index in [4.69, 9.17) is 11.6 Å². The fourth-order valence-corrected chi connectivity index (χ4v) is 2.57. The number of nitrogens with one attached hydrogen (secondary N) is 3. The Labute approximate surface area is 148 Å². The van der Waals surface area contributed by atoms with Gasteiger partial charge in [-0.25, -0.2) is 9.78 Å². The number of urea groups is 1. The number of amides is 2. The molecule has 0 fully saturated rings. The third kappa shape index (κ3) is 3.34. The summed E-state index contributed by atoms with van der Waals surface area (Å²) in [5.41, 5.74) is 1.59. The number of H-pyrrole nitrogens is 1. The SMILES string of the molecule is CCc1nc2nc(C)[nH]n2c(=O)c1NC(=O)Nc1ccc(C)c(Cl)c1. The standard InChI is InChI=1S/C16H17ClN6O2/c1-4-12-13(14(24)23-15(20-12)18-9(3)22-23)21-16(25)19-10-6-5-8(2)11(17)7-10/h5-7H,4H2,1-3H3,(H,18,20,22)(H2,19,21,25). The minimum Gasteiger partial charge on any atom is -0.308 e. The second kappa shape index (κ2) is 6.56. The molecule has 0 aliphatic rings. The van der Waals surface area contributed by atoms with Gasteiger partial charge in [0.05, 0.1) is 5.69 Å². The zero-order valence-electron chi connectivity index (χ0n) is 14.0. The number of rotatable bonds is 3. The van der Waals surface area contributed by atoms with Crippen LogP contribution in [0.5, 0.6) is 0 Å². The molecule has 8 nitrogen and oxygen atoms in total. The van der Waals surface area contributed by atoms with E-state index in [0.717, 1.165) is 5.56 Å². The number of fused-ring (bicyclic) bond motifs is 1. The number of nitrogens with zero attached hydrogens (tertiary/aromatic N) is 3. The van der Waals surface area contributed by atoms with E-state index in [-0.39, 0.29) is 11.5 Å². The Morgan fingerprint density at radius 3 is 2.72 bits per heavy atom. The van der Waals surface area contributed by atoms with Gasteiger partial charge in [0.1, 0.15) is 11.5 Å². The molecule has 0 unspecified atom stereocenters. The highest BCUT2D eigenvalue weighted by atomic mass is 35.5. The number of hydrogen-bond acceptors (Lipinski definition) is 4. The van der Waals surface area contributed by atoms with Crippen molar-refractivity contribution in [2.24, 2.45) is 0 Å². The van der Waals surface area contributed by atoms with Crippen LogP contribution in [-0.4, -0.2) is 25.6 Å². The summed E-state index contributed by atoms with van der Waals surface area (Å²) < 4.78 is 1.20. The van der Waals surface area contributed by atoms with Crippen LogP contribution in [0.25, 0.3) is 5.78 Å². The molecule has 0 radical (unpaired) electrons. The van der Waals surface area contributed by atoms with E-state index in [1.165, 1.54) is 4.52 Å². The summed E-state index contributed by atoms with van der Waals surface area (Å²) in [6.07, 6.45) is 0.476. The van der Waals surface area contributed by atoms with Crippen LogP contribution >= 0.6 is 11.6 Å². The van der Waals surface area contributed by atoms with E-state index in [1.807, 2.05) is 13.8 Å². The molecule has 25 heavy (non-hydrogen) atoms. The highest BCUT2D eigenvalue weighted by molar-refractivity contribution is 6.31. The second-order valence-electron chi connectivity index (χ2n) is 5.58. The largest absolute Gasteiger partial charge is 0.323 e. The third-order valence-corrected chi connectivity index (χ3v) is 4.09. The highest BCUT2D eigenvalue weighted by Gasteiger charge is 2.16. The number of aryl methyl sites for hydroxylation is 3. The molecule has 3 rings (SSSR count). The Bertz CT molecular complexity index is 1020. The van der Waals surface area contributed by atoms with Crippen LogP contribution in [0.1, 0.15) is 24.0 Å². The van der Waals surface area contributed by atoms with Gasteiger partial charge >= 0.3 is 6.03 Å². The van der Waals surface area contributed by atoms with Crippen LogP contribution < -0.4 is 16.2 Å². The number of carbonyl (C=O) groups is 1. The van der Waals surface area contributed by atoms with Gasteiger partial charge < -0.3 is 10.6 Å². The van der Waals surface area contributed by atoms with Crippen molar-refractivity contribution >= 4 is 34.8 Å². The van der Waals surface area contributed by atoms with Gasteiger partial charge in [-0.3, -0.25) is 9.89 Å². The summed E-state index contributed by atoms with van der Waals surface area (Å²) in [5.74, 6) is 0.832. The molecule has 3 aromatic rings. The first kappa shape index (κ1) is 17.0. The van der Waals surface area contributed by atoms with Crippen LogP contribution in [0.4, 0.5) is 16.2 Å². The summed E-state index contributed by atoms with van der Waals surface area (Å²) in [5, 5.41) is 8.57. The Morgan fingerprint density at radius 1 is 1.28 bits per heavy atom. The van der Waals surface area contributed by atoms with E-state index in [9.17, 15) is 9.59 Å². The number of anilines is 2. The monoisotopic (exact) mass is 360 g/mol. The van der Waals surface area contributed by atoms with Crippen LogP contribution in [0.15, 0.2) is 23.0 Å². The summed E-state index contributed by atoms with van der Waals surface area (Å²) in [6, 6.07) is 4.62. The molecule has 0 spiro atoms. The Hall–Kier alpha value is -2.87. The molecule has 1 aromatic carbocycles. The molecule has 130 valence electrons. The normalized spacial score (nSPS) is 10.9. The molecule has 0 saturated carbocycles. The van der Waals surface area contributed by atoms with E-state index >= 15 is 0 Å². The van der Waals surface area contributed by atoms with E-state index < -0.39 is 11.6 Å². The molecule has 2 amide bonds. The van der Waals surface area contributed by atoms with E-state index in [1.54, 1.807) is 25.1 Å². The molecule has 0 aliphatic carbocycles. The van der Waals surface area contributed by atoms with E-state index in [0.29, 0.717) is 28.6 Å². The highest BCUT2D eigenvalue weighted by Crippen LogP contribution is 2.20. The number of aromatic amines is 1. The van der Waals surface area contributed by atoms with Crippen molar-refractivity contribution in [1.82, 2.24) is 19.6 Å². The second-order valence-corrected chi connectivity index (χ2v) is 5.99. The van der Waals surface area contributed by atoms with Gasteiger partial charge in [0, 0.05) is 10.7 Å². The molecule has 0 atom stereocenters. The van der Waals surface area contributed by atoms with Crippen LogP contribution in [0, 0.1) is 13.8 Å². The molecule has 0 aliphatic heterocycles.